The molecule has 0 amide bonds. The summed E-state index contributed by atoms with van der Waals surface area (Å²) in [6.45, 7) is 2.29. The molecule has 3 N–H and O–H groups in total. The fourth-order valence-corrected chi connectivity index (χ4v) is 1.97. The summed E-state index contributed by atoms with van der Waals surface area (Å²) in [6.07, 6.45) is 3.76. The minimum Gasteiger partial charge on any atom is -0.382 e. The average Bonchev–Trinajstić information content (AvgIpc) is 2.56. The van der Waals surface area contributed by atoms with Crippen LogP contribution in [-0.4, -0.2) is 16.2 Å². The fourth-order valence-electron chi connectivity index (χ4n) is 1.97. The summed E-state index contributed by atoms with van der Waals surface area (Å²) < 4.78 is 0. The Labute approximate surface area is 83.9 Å². The first-order valence-corrected chi connectivity index (χ1v) is 5.10. The molecule has 1 heterocycles. The molecule has 4 heteroatoms. The van der Waals surface area contributed by atoms with E-state index in [-0.39, 0.29) is 0 Å². The molecule has 2 unspecified atom stereocenters. The number of hydrogen-bond donors (Lipinski definition) is 2. The van der Waals surface area contributed by atoms with Gasteiger partial charge >= 0.3 is 0 Å². The van der Waals surface area contributed by atoms with Gasteiger partial charge in [0.05, 0.1) is 0 Å². The maximum atomic E-state index is 5.46. The molecule has 1 fully saturated rings. The quantitative estimate of drug-likeness (QED) is 0.748. The van der Waals surface area contributed by atoms with Gasteiger partial charge in [-0.2, -0.15) is 0 Å². The second kappa shape index (κ2) is 3.82. The highest BCUT2D eigenvalue weighted by atomic mass is 15.2. The molecule has 14 heavy (non-hydrogen) atoms. The molecule has 1 aromatic heterocycles. The van der Waals surface area contributed by atoms with Crippen LogP contribution in [0.5, 0.6) is 0 Å². The lowest BCUT2D eigenvalue weighted by molar-refractivity contribution is 0.602. The van der Waals surface area contributed by atoms with E-state index in [9.17, 15) is 0 Å². The minimum absolute atomic E-state index is 0.468. The molecule has 2 atom stereocenters. The van der Waals surface area contributed by atoms with Crippen molar-refractivity contribution in [3.05, 3.63) is 12.1 Å². The van der Waals surface area contributed by atoms with Gasteiger partial charge in [0.1, 0.15) is 11.6 Å². The Bertz CT molecular complexity index is 295. The van der Waals surface area contributed by atoms with Crippen molar-refractivity contribution in [2.24, 2.45) is 5.92 Å². The van der Waals surface area contributed by atoms with Crippen LogP contribution in [-0.2, 0) is 0 Å². The first kappa shape index (κ1) is 9.24. The van der Waals surface area contributed by atoms with Gasteiger partial charge in [0, 0.05) is 6.04 Å². The van der Waals surface area contributed by atoms with Crippen LogP contribution in [0.3, 0.4) is 0 Å². The SMILES string of the molecule is CC1CCC(Nc2ccc(N)nn2)C1. The summed E-state index contributed by atoms with van der Waals surface area (Å²) in [7, 11) is 0. The number of nitrogens with two attached hydrogens (primary N) is 1. The van der Waals surface area contributed by atoms with Crippen LogP contribution in [0.25, 0.3) is 0 Å². The standard InChI is InChI=1S/C10H16N4/c1-7-2-3-8(6-7)12-10-5-4-9(11)13-14-10/h4-5,7-8H,2-3,6H2,1H3,(H2,11,13)(H,12,14). The zero-order chi connectivity index (χ0) is 9.97. The number of nitrogen functional groups attached to an aromatic ring is 1. The molecule has 1 aliphatic rings. The molecule has 4 nitrogen and oxygen atoms in total. The Morgan fingerprint density at radius 2 is 2.21 bits per heavy atom. The molecule has 0 bridgehead atoms. The third kappa shape index (κ3) is 2.13. The molecule has 1 saturated carbocycles. The molecule has 0 spiro atoms. The molecule has 0 aromatic carbocycles. The number of nitrogens with one attached hydrogen (secondary N) is 1. The predicted molar refractivity (Wildman–Crippen MR) is 56.9 cm³/mol. The number of rotatable bonds is 2. The van der Waals surface area contributed by atoms with Crippen molar-refractivity contribution in [1.29, 1.82) is 0 Å². The smallest absolute Gasteiger partial charge is 0.149 e. The van der Waals surface area contributed by atoms with E-state index in [0.29, 0.717) is 11.9 Å². The topological polar surface area (TPSA) is 63.8 Å². The predicted octanol–water partition coefficient (Wildman–Crippen LogP) is 1.66. The Kier molecular flexibility index (Phi) is 2.52. The van der Waals surface area contributed by atoms with E-state index in [0.717, 1.165) is 11.7 Å². The van der Waals surface area contributed by atoms with E-state index in [1.807, 2.05) is 6.07 Å². The van der Waals surface area contributed by atoms with Crippen LogP contribution in [0.4, 0.5) is 11.6 Å². The van der Waals surface area contributed by atoms with Gasteiger partial charge in [0.15, 0.2) is 0 Å². The van der Waals surface area contributed by atoms with Gasteiger partial charge in [-0.15, -0.1) is 10.2 Å². The first-order chi connectivity index (χ1) is 6.74. The highest BCUT2D eigenvalue weighted by molar-refractivity contribution is 5.39. The van der Waals surface area contributed by atoms with E-state index in [1.54, 1.807) is 6.07 Å². The molecule has 2 rings (SSSR count). The van der Waals surface area contributed by atoms with Crippen LogP contribution >= 0.6 is 0 Å². The summed E-state index contributed by atoms with van der Waals surface area (Å²) in [6, 6.07) is 4.21. The first-order valence-electron chi connectivity index (χ1n) is 5.10. The van der Waals surface area contributed by atoms with Gasteiger partial charge in [-0.3, -0.25) is 0 Å². The molecular formula is C10H16N4. The Morgan fingerprint density at radius 1 is 1.36 bits per heavy atom. The van der Waals surface area contributed by atoms with Gasteiger partial charge < -0.3 is 11.1 Å². The normalized spacial score (nSPS) is 26.4. The maximum Gasteiger partial charge on any atom is 0.149 e. The maximum absolute atomic E-state index is 5.46. The lowest BCUT2D eigenvalue weighted by Gasteiger charge is -2.12. The average molecular weight is 192 g/mol. The van der Waals surface area contributed by atoms with Crippen LogP contribution in [0.15, 0.2) is 12.1 Å². The lowest BCUT2D eigenvalue weighted by Crippen LogP contribution is -2.16. The molecule has 1 aromatic rings. The van der Waals surface area contributed by atoms with Crippen molar-refractivity contribution in [2.75, 3.05) is 11.1 Å². The number of anilines is 2. The van der Waals surface area contributed by atoms with Crippen molar-refractivity contribution in [1.82, 2.24) is 10.2 Å². The van der Waals surface area contributed by atoms with E-state index in [4.69, 9.17) is 5.73 Å². The monoisotopic (exact) mass is 192 g/mol. The lowest BCUT2D eigenvalue weighted by atomic mass is 10.1. The molecule has 0 aliphatic heterocycles. The van der Waals surface area contributed by atoms with E-state index >= 15 is 0 Å². The highest BCUT2D eigenvalue weighted by Crippen LogP contribution is 2.26. The molecule has 0 saturated heterocycles. The fraction of sp³-hybridized carbons (Fsp3) is 0.600. The molecule has 1 aliphatic carbocycles. The Hall–Kier alpha value is -1.32. The van der Waals surface area contributed by atoms with Crippen molar-refractivity contribution in [3.8, 4) is 0 Å². The van der Waals surface area contributed by atoms with Gasteiger partial charge in [0.25, 0.3) is 0 Å². The third-order valence-electron chi connectivity index (χ3n) is 2.73. The summed E-state index contributed by atoms with van der Waals surface area (Å²) in [4.78, 5) is 0. The summed E-state index contributed by atoms with van der Waals surface area (Å²) >= 11 is 0. The van der Waals surface area contributed by atoms with Gasteiger partial charge in [-0.05, 0) is 37.3 Å². The number of hydrogen-bond acceptors (Lipinski definition) is 4. The van der Waals surface area contributed by atoms with Crippen molar-refractivity contribution in [2.45, 2.75) is 32.2 Å². The van der Waals surface area contributed by atoms with Gasteiger partial charge in [-0.1, -0.05) is 6.92 Å². The van der Waals surface area contributed by atoms with Crippen LogP contribution in [0.1, 0.15) is 26.2 Å². The van der Waals surface area contributed by atoms with Gasteiger partial charge in [-0.25, -0.2) is 0 Å². The van der Waals surface area contributed by atoms with Crippen molar-refractivity contribution < 1.29 is 0 Å². The van der Waals surface area contributed by atoms with Crippen molar-refractivity contribution >= 4 is 11.6 Å². The molecular weight excluding hydrogens is 176 g/mol. The van der Waals surface area contributed by atoms with E-state index in [1.165, 1.54) is 19.3 Å². The second-order valence-electron chi connectivity index (χ2n) is 4.10. The zero-order valence-corrected chi connectivity index (χ0v) is 8.40. The van der Waals surface area contributed by atoms with Crippen LogP contribution in [0.2, 0.25) is 0 Å². The van der Waals surface area contributed by atoms with Crippen LogP contribution < -0.4 is 11.1 Å². The second-order valence-corrected chi connectivity index (χ2v) is 4.10. The largest absolute Gasteiger partial charge is 0.382 e. The summed E-state index contributed by atoms with van der Waals surface area (Å²) in [5, 5.41) is 11.2. The summed E-state index contributed by atoms with van der Waals surface area (Å²) in [5.74, 6) is 2.13. The Morgan fingerprint density at radius 3 is 2.79 bits per heavy atom. The Balaban J connectivity index is 1.94. The van der Waals surface area contributed by atoms with Crippen molar-refractivity contribution in [3.63, 3.8) is 0 Å². The third-order valence-corrected chi connectivity index (χ3v) is 2.73. The number of nitrogens with zero attached hydrogens (tertiary/aromatic N) is 2. The molecule has 76 valence electrons. The summed E-state index contributed by atoms with van der Waals surface area (Å²) in [5.41, 5.74) is 5.46. The van der Waals surface area contributed by atoms with E-state index < -0.39 is 0 Å². The van der Waals surface area contributed by atoms with E-state index in [2.05, 4.69) is 22.4 Å². The van der Waals surface area contributed by atoms with Crippen LogP contribution in [0, 0.1) is 5.92 Å². The zero-order valence-electron chi connectivity index (χ0n) is 8.40. The van der Waals surface area contributed by atoms with Gasteiger partial charge in [0.2, 0.25) is 0 Å². The highest BCUT2D eigenvalue weighted by Gasteiger charge is 2.21. The minimum atomic E-state index is 0.468. The molecule has 0 radical (unpaired) electrons. The number of aromatic nitrogens is 2.